The third kappa shape index (κ3) is 5.46. The Morgan fingerprint density at radius 2 is 1.45 bits per heavy atom. The summed E-state index contributed by atoms with van der Waals surface area (Å²) in [5.74, 6) is 0. The van der Waals surface area contributed by atoms with Crippen LogP contribution < -0.4 is 0 Å². The summed E-state index contributed by atoms with van der Waals surface area (Å²) in [6.07, 6.45) is 1.30. The average Bonchev–Trinajstić information content (AvgIpc) is 1.84. The number of hydrogen-bond acceptors (Lipinski definition) is 0. The van der Waals surface area contributed by atoms with E-state index in [0.29, 0.717) is 0 Å². The first-order chi connectivity index (χ1) is 4.95. The van der Waals surface area contributed by atoms with Crippen LogP contribution in [-0.4, -0.2) is 4.84 Å². The number of hydrogen-bond donors (Lipinski definition) is 0. The van der Waals surface area contributed by atoms with Crippen molar-refractivity contribution in [2.75, 3.05) is 0 Å². The summed E-state index contributed by atoms with van der Waals surface area (Å²) in [6, 6.07) is 0. The molecule has 0 bridgehead atoms. The van der Waals surface area contributed by atoms with Crippen LogP contribution in [0.1, 0.15) is 0 Å². The minimum Gasteiger partial charge on any atom is -0.101 e. The molecular formula is C5H2Cl6. The monoisotopic (exact) mass is 272 g/mol. The van der Waals surface area contributed by atoms with E-state index < -0.39 is 4.84 Å². The number of halogens is 6. The van der Waals surface area contributed by atoms with Crippen molar-refractivity contribution in [1.82, 2.24) is 0 Å². The Hall–Kier alpha value is 1.22. The van der Waals surface area contributed by atoms with Crippen molar-refractivity contribution in [3.05, 3.63) is 20.6 Å². The molecule has 0 aromatic rings. The maximum absolute atomic E-state index is 5.55. The largest absolute Gasteiger partial charge is 0.127 e. The molecule has 64 valence electrons. The first-order valence-corrected chi connectivity index (χ1v) is 4.70. The summed E-state index contributed by atoms with van der Waals surface area (Å²) in [5, 5.41) is 0.156. The Labute approximate surface area is 94.6 Å². The lowest BCUT2D eigenvalue weighted by Crippen LogP contribution is -1.81. The third-order valence-corrected chi connectivity index (χ3v) is 2.28. The Morgan fingerprint density at radius 3 is 1.73 bits per heavy atom. The molecule has 0 spiro atoms. The van der Waals surface area contributed by atoms with Crippen LogP contribution in [0.4, 0.5) is 0 Å². The summed E-state index contributed by atoms with van der Waals surface area (Å²) < 4.78 is -0.123. The van der Waals surface area contributed by atoms with Crippen molar-refractivity contribution in [3.63, 3.8) is 0 Å². The summed E-state index contributed by atoms with van der Waals surface area (Å²) in [5.41, 5.74) is 0. The van der Waals surface area contributed by atoms with Gasteiger partial charge in [-0.3, -0.25) is 0 Å². The molecule has 0 atom stereocenters. The minimum atomic E-state index is -0.732. The molecule has 11 heavy (non-hydrogen) atoms. The molecule has 0 unspecified atom stereocenters. The van der Waals surface area contributed by atoms with Crippen LogP contribution in [0.25, 0.3) is 0 Å². The second kappa shape index (κ2) is 5.80. The van der Waals surface area contributed by atoms with Crippen molar-refractivity contribution >= 4 is 69.6 Å². The van der Waals surface area contributed by atoms with Crippen molar-refractivity contribution in [2.24, 2.45) is 0 Å². The van der Waals surface area contributed by atoms with Gasteiger partial charge < -0.3 is 0 Å². The van der Waals surface area contributed by atoms with Crippen molar-refractivity contribution < 1.29 is 0 Å². The lowest BCUT2D eigenvalue weighted by Gasteiger charge is -1.96. The average molecular weight is 275 g/mol. The first kappa shape index (κ1) is 12.2. The van der Waals surface area contributed by atoms with E-state index in [9.17, 15) is 0 Å². The van der Waals surface area contributed by atoms with Crippen LogP contribution in [0.3, 0.4) is 0 Å². The lowest BCUT2D eigenvalue weighted by molar-refractivity contribution is 1.57. The van der Waals surface area contributed by atoms with Crippen molar-refractivity contribution in [2.45, 2.75) is 4.84 Å². The zero-order chi connectivity index (χ0) is 9.02. The number of alkyl halides is 2. The number of rotatable bonds is 2. The zero-order valence-corrected chi connectivity index (χ0v) is 9.46. The Bertz CT molecular complexity index is 187. The summed E-state index contributed by atoms with van der Waals surface area (Å²) in [7, 11) is 0. The van der Waals surface area contributed by atoms with Gasteiger partial charge in [0.2, 0.25) is 0 Å². The Morgan fingerprint density at radius 1 is 1.00 bits per heavy atom. The SMILES string of the molecule is ClC(=CC(Cl)Cl)C(Cl)=C(Cl)Cl. The standard InChI is InChI=1S/C5H2Cl6/c6-2(1-3(7)8)4(9)5(10)11/h1,3H. The van der Waals surface area contributed by atoms with Crippen LogP contribution in [0.2, 0.25) is 0 Å². The van der Waals surface area contributed by atoms with Crippen molar-refractivity contribution in [3.8, 4) is 0 Å². The van der Waals surface area contributed by atoms with Gasteiger partial charge in [0.15, 0.2) is 0 Å². The molecule has 0 aliphatic heterocycles. The fourth-order valence-corrected chi connectivity index (χ4v) is 1.24. The molecular weight excluding hydrogens is 273 g/mol. The van der Waals surface area contributed by atoms with E-state index in [1.807, 2.05) is 0 Å². The predicted molar refractivity (Wildman–Crippen MR) is 54.0 cm³/mol. The molecule has 0 rings (SSSR count). The van der Waals surface area contributed by atoms with E-state index in [1.54, 1.807) is 0 Å². The van der Waals surface area contributed by atoms with Gasteiger partial charge in [0.1, 0.15) is 9.33 Å². The first-order valence-electron chi connectivity index (χ1n) is 2.31. The van der Waals surface area contributed by atoms with E-state index >= 15 is 0 Å². The molecule has 0 N–H and O–H groups in total. The normalized spacial score (nSPS) is 12.1. The minimum absolute atomic E-state index is 0.0290. The van der Waals surface area contributed by atoms with Crippen LogP contribution in [0.5, 0.6) is 0 Å². The van der Waals surface area contributed by atoms with Gasteiger partial charge in [0.25, 0.3) is 0 Å². The van der Waals surface area contributed by atoms with Gasteiger partial charge in [-0.1, -0.05) is 46.4 Å². The highest BCUT2D eigenvalue weighted by Crippen LogP contribution is 2.28. The zero-order valence-electron chi connectivity index (χ0n) is 4.92. The smallest absolute Gasteiger partial charge is 0.101 e. The second-order valence-electron chi connectivity index (χ2n) is 1.42. The lowest BCUT2D eigenvalue weighted by atomic mass is 10.5. The van der Waals surface area contributed by atoms with Gasteiger partial charge in [-0.25, -0.2) is 0 Å². The summed E-state index contributed by atoms with van der Waals surface area (Å²) in [4.78, 5) is -0.732. The molecule has 0 amide bonds. The molecule has 0 aromatic carbocycles. The quantitative estimate of drug-likeness (QED) is 0.501. The van der Waals surface area contributed by atoms with E-state index in [-0.39, 0.29) is 14.6 Å². The molecule has 0 fully saturated rings. The maximum Gasteiger partial charge on any atom is 0.127 e. The van der Waals surface area contributed by atoms with Crippen LogP contribution in [0, 0.1) is 0 Å². The number of allylic oxidation sites excluding steroid dienone is 3. The Kier molecular flexibility index (Phi) is 6.44. The van der Waals surface area contributed by atoms with E-state index in [4.69, 9.17) is 69.6 Å². The highest BCUT2D eigenvalue weighted by molar-refractivity contribution is 6.61. The van der Waals surface area contributed by atoms with Crippen molar-refractivity contribution in [1.29, 1.82) is 0 Å². The predicted octanol–water partition coefficient (Wildman–Crippen LogP) is 4.80. The van der Waals surface area contributed by atoms with Gasteiger partial charge in [-0.2, -0.15) is 0 Å². The molecule has 0 aliphatic rings. The fraction of sp³-hybridized carbons (Fsp3) is 0.200. The molecule has 0 radical (unpaired) electrons. The fourth-order valence-electron chi connectivity index (χ4n) is 0.274. The van der Waals surface area contributed by atoms with E-state index in [0.717, 1.165) is 0 Å². The molecule has 0 aromatic heterocycles. The van der Waals surface area contributed by atoms with E-state index in [2.05, 4.69) is 0 Å². The molecule has 0 heterocycles. The molecule has 0 nitrogen and oxygen atoms in total. The highest BCUT2D eigenvalue weighted by Gasteiger charge is 2.05. The van der Waals surface area contributed by atoms with Crippen LogP contribution in [0.15, 0.2) is 20.6 Å². The topological polar surface area (TPSA) is 0 Å². The molecule has 0 aliphatic carbocycles. The van der Waals surface area contributed by atoms with Gasteiger partial charge in [-0.15, -0.1) is 23.2 Å². The summed E-state index contributed by atoms with van der Waals surface area (Å²) in [6.45, 7) is 0. The van der Waals surface area contributed by atoms with Gasteiger partial charge in [-0.05, 0) is 6.08 Å². The van der Waals surface area contributed by atoms with E-state index in [1.165, 1.54) is 6.08 Å². The second-order valence-corrected chi connectivity index (χ2v) is 4.32. The van der Waals surface area contributed by atoms with Crippen LogP contribution >= 0.6 is 69.6 Å². The van der Waals surface area contributed by atoms with Gasteiger partial charge in [0.05, 0.1) is 10.1 Å². The van der Waals surface area contributed by atoms with Gasteiger partial charge in [0, 0.05) is 0 Å². The third-order valence-electron chi connectivity index (χ3n) is 0.648. The molecule has 0 saturated heterocycles. The summed E-state index contributed by atoms with van der Waals surface area (Å²) >= 11 is 32.4. The van der Waals surface area contributed by atoms with Crippen LogP contribution in [-0.2, 0) is 0 Å². The molecule has 0 saturated carbocycles. The highest BCUT2D eigenvalue weighted by atomic mass is 35.5. The molecule has 6 heteroatoms. The maximum atomic E-state index is 5.55. The Balaban J connectivity index is 4.50. The van der Waals surface area contributed by atoms with Gasteiger partial charge >= 0.3 is 0 Å².